The number of benzene rings is 8. The van der Waals surface area contributed by atoms with Gasteiger partial charge in [0.2, 0.25) is 0 Å². The molecule has 0 atom stereocenters. The topological polar surface area (TPSA) is 14.8 Å². The summed E-state index contributed by atoms with van der Waals surface area (Å²) in [7, 11) is 0. The van der Waals surface area contributed by atoms with Crippen molar-refractivity contribution in [1.29, 1.82) is 0 Å². The molecule has 0 spiro atoms. The smallest absolute Gasteiger partial charge is 0.0788 e. The van der Waals surface area contributed by atoms with E-state index in [-0.39, 0.29) is 0 Å². The van der Waals surface area contributed by atoms with E-state index in [4.69, 9.17) is 0 Å². The third kappa shape index (κ3) is 5.58. The lowest BCUT2D eigenvalue weighted by Crippen LogP contribution is -2.01. The Morgan fingerprint density at radius 3 is 1.36 bits per heavy atom. The lowest BCUT2D eigenvalue weighted by atomic mass is 10.0. The highest BCUT2D eigenvalue weighted by Crippen LogP contribution is 2.43. The summed E-state index contributed by atoms with van der Waals surface area (Å²) in [5.41, 5.74) is 15.2. The van der Waals surface area contributed by atoms with E-state index in [0.29, 0.717) is 0 Å². The number of allylic oxidation sites excluding steroid dienone is 6. The fraction of sp³-hybridized carbons (Fsp3) is 0.0357. The molecule has 0 radical (unpaired) electrons. The monoisotopic (exact) mass is 755 g/mol. The highest BCUT2D eigenvalue weighted by molar-refractivity contribution is 6.24. The minimum absolute atomic E-state index is 1.10. The highest BCUT2D eigenvalue weighted by atomic mass is 15.1. The van der Waals surface area contributed by atoms with Crippen molar-refractivity contribution in [3.8, 4) is 11.4 Å². The van der Waals surface area contributed by atoms with Crippen molar-refractivity contribution in [1.82, 2.24) is 13.7 Å². The minimum Gasteiger partial charge on any atom is -0.309 e. The highest BCUT2D eigenvalue weighted by Gasteiger charge is 2.22. The molecule has 0 fully saturated rings. The van der Waals surface area contributed by atoms with Gasteiger partial charge in [-0.25, -0.2) is 0 Å². The Hall–Kier alpha value is -7.62. The first kappa shape index (κ1) is 34.6. The second-order valence-corrected chi connectivity index (χ2v) is 15.3. The molecule has 11 aromatic rings. The maximum atomic E-state index is 2.51. The maximum Gasteiger partial charge on any atom is 0.0788 e. The van der Waals surface area contributed by atoms with E-state index in [1.54, 1.807) is 0 Å². The van der Waals surface area contributed by atoms with Crippen molar-refractivity contribution >= 4 is 82.3 Å². The quantitative estimate of drug-likeness (QED) is 0.144. The zero-order valence-corrected chi connectivity index (χ0v) is 33.0. The van der Waals surface area contributed by atoms with Gasteiger partial charge in [0.1, 0.15) is 0 Å². The number of hydrogen-bond donors (Lipinski definition) is 0. The normalized spacial score (nSPS) is 12.9. The summed E-state index contributed by atoms with van der Waals surface area (Å²) in [5.74, 6) is 0. The van der Waals surface area contributed by atoms with Crippen LogP contribution in [-0.4, -0.2) is 13.7 Å². The molecule has 3 nitrogen and oxygen atoms in total. The van der Waals surface area contributed by atoms with Crippen LogP contribution in [0, 0.1) is 0 Å². The average Bonchev–Trinajstić information content (AvgIpc) is 3.94. The van der Waals surface area contributed by atoms with Crippen LogP contribution in [0.1, 0.15) is 25.0 Å². The summed E-state index contributed by atoms with van der Waals surface area (Å²) in [6.45, 7) is 4.36. The number of fused-ring (bicyclic) bond motifs is 10. The van der Waals surface area contributed by atoms with Gasteiger partial charge in [0.15, 0.2) is 0 Å². The van der Waals surface area contributed by atoms with E-state index in [9.17, 15) is 0 Å². The van der Waals surface area contributed by atoms with E-state index in [2.05, 4.69) is 240 Å². The number of hydrogen-bond acceptors (Lipinski definition) is 0. The molecule has 59 heavy (non-hydrogen) atoms. The lowest BCUT2D eigenvalue weighted by molar-refractivity contribution is 1.14. The van der Waals surface area contributed by atoms with E-state index in [1.807, 2.05) is 0 Å². The van der Waals surface area contributed by atoms with Crippen molar-refractivity contribution in [3.63, 3.8) is 0 Å². The molecule has 3 heteroatoms. The fourth-order valence-electron chi connectivity index (χ4n) is 9.29. The van der Waals surface area contributed by atoms with Crippen LogP contribution >= 0.6 is 0 Å². The average molecular weight is 756 g/mol. The molecule has 280 valence electrons. The lowest BCUT2D eigenvalue weighted by Gasteiger charge is -2.16. The van der Waals surface area contributed by atoms with Crippen LogP contribution in [0.4, 0.5) is 0 Å². The van der Waals surface area contributed by atoms with Crippen molar-refractivity contribution in [2.24, 2.45) is 0 Å². The molecule has 0 unspecified atom stereocenters. The molecule has 0 aliphatic rings. The van der Waals surface area contributed by atoms with Crippen LogP contribution in [0.5, 0.6) is 0 Å². The Morgan fingerprint density at radius 2 is 0.797 bits per heavy atom. The van der Waals surface area contributed by atoms with Crippen LogP contribution in [0.15, 0.2) is 212 Å². The Bertz CT molecular complexity index is 3420. The van der Waals surface area contributed by atoms with E-state index >= 15 is 0 Å². The summed E-state index contributed by atoms with van der Waals surface area (Å²) in [6, 6.07) is 70.4. The fourth-order valence-corrected chi connectivity index (χ4v) is 9.29. The van der Waals surface area contributed by atoms with E-state index in [0.717, 1.165) is 22.6 Å². The molecule has 0 saturated heterocycles. The summed E-state index contributed by atoms with van der Waals surface area (Å²) in [5, 5.41) is 7.42. The number of nitrogens with zero attached hydrogens (tertiary/aromatic N) is 3. The Balaban J connectivity index is 1.21. The molecule has 0 saturated carbocycles. The zero-order chi connectivity index (χ0) is 39.5. The van der Waals surface area contributed by atoms with Gasteiger partial charge in [-0.1, -0.05) is 152 Å². The second-order valence-electron chi connectivity index (χ2n) is 15.3. The summed E-state index contributed by atoms with van der Waals surface area (Å²) >= 11 is 0. The third-order valence-corrected chi connectivity index (χ3v) is 12.0. The molecule has 3 aromatic heterocycles. The summed E-state index contributed by atoms with van der Waals surface area (Å²) < 4.78 is 7.38. The van der Waals surface area contributed by atoms with Gasteiger partial charge in [-0.05, 0) is 96.8 Å². The standard InChI is InChI=1S/C56H41N3/c1-3-39(41-20-8-5-9-21-41)37-44(36-38(2)40-18-6-4-7-19-40)59-54-29-17-13-25-48(54)50-35-34-49-47-24-12-16-28-53(47)58(55(49)56(50)59)43-32-30-42(31-33-43)57-51-26-14-10-22-45(51)46-23-11-15-27-52(46)57/h3-37H,1-2H3/b38-36+,39-3?,44-37+. The molecule has 0 bridgehead atoms. The number of aromatic nitrogens is 3. The molecule has 0 aliphatic heterocycles. The maximum absolute atomic E-state index is 2.51. The van der Waals surface area contributed by atoms with Gasteiger partial charge >= 0.3 is 0 Å². The molecular formula is C56H41N3. The summed E-state index contributed by atoms with van der Waals surface area (Å²) in [4.78, 5) is 0. The molecule has 0 amide bonds. The molecule has 0 N–H and O–H groups in total. The molecule has 8 aromatic carbocycles. The SMILES string of the molecule is CC=C(/C=C(\C=C(/C)c1ccccc1)n1c2ccccc2c2ccc3c4ccccc4n(-c4ccc(-n5c6ccccc6c6ccccc65)cc4)c3c21)c1ccccc1. The van der Waals surface area contributed by atoms with Gasteiger partial charge in [-0.15, -0.1) is 0 Å². The van der Waals surface area contributed by atoms with E-state index < -0.39 is 0 Å². The van der Waals surface area contributed by atoms with E-state index in [1.165, 1.54) is 82.1 Å². The Morgan fingerprint density at radius 1 is 0.373 bits per heavy atom. The van der Waals surface area contributed by atoms with Crippen LogP contribution in [0.3, 0.4) is 0 Å². The predicted octanol–water partition coefficient (Wildman–Crippen LogP) is 15.0. The Kier molecular flexibility index (Phi) is 8.27. The van der Waals surface area contributed by atoms with Crippen molar-refractivity contribution in [3.05, 3.63) is 223 Å². The van der Waals surface area contributed by atoms with Crippen molar-refractivity contribution in [2.45, 2.75) is 13.8 Å². The third-order valence-electron chi connectivity index (χ3n) is 12.0. The molecular weight excluding hydrogens is 715 g/mol. The van der Waals surface area contributed by atoms with Gasteiger partial charge < -0.3 is 13.7 Å². The van der Waals surface area contributed by atoms with Crippen LogP contribution < -0.4 is 0 Å². The first-order valence-electron chi connectivity index (χ1n) is 20.4. The first-order valence-corrected chi connectivity index (χ1v) is 20.4. The number of para-hydroxylation sites is 4. The van der Waals surface area contributed by atoms with Gasteiger partial charge in [0.25, 0.3) is 0 Å². The molecule has 0 aliphatic carbocycles. The van der Waals surface area contributed by atoms with Crippen molar-refractivity contribution in [2.75, 3.05) is 0 Å². The second kappa shape index (κ2) is 14.1. The van der Waals surface area contributed by atoms with Crippen LogP contribution in [0.25, 0.3) is 93.6 Å². The molecule has 11 rings (SSSR count). The summed E-state index contributed by atoms with van der Waals surface area (Å²) in [6.07, 6.45) is 6.94. The zero-order valence-electron chi connectivity index (χ0n) is 33.0. The van der Waals surface area contributed by atoms with Gasteiger partial charge in [-0.3, -0.25) is 0 Å². The Labute approximate surface area is 343 Å². The van der Waals surface area contributed by atoms with Crippen molar-refractivity contribution < 1.29 is 0 Å². The predicted molar refractivity (Wildman–Crippen MR) is 253 cm³/mol. The van der Waals surface area contributed by atoms with Gasteiger partial charge in [0, 0.05) is 49.4 Å². The first-order chi connectivity index (χ1) is 29.2. The van der Waals surface area contributed by atoms with Gasteiger partial charge in [0.05, 0.1) is 33.1 Å². The largest absolute Gasteiger partial charge is 0.309 e. The van der Waals surface area contributed by atoms with Gasteiger partial charge in [-0.2, -0.15) is 0 Å². The number of rotatable bonds is 7. The molecule has 3 heterocycles. The van der Waals surface area contributed by atoms with Crippen LogP contribution in [-0.2, 0) is 0 Å². The van der Waals surface area contributed by atoms with Crippen LogP contribution in [0.2, 0.25) is 0 Å². The minimum atomic E-state index is 1.10.